The van der Waals surface area contributed by atoms with E-state index in [1.54, 1.807) is 7.11 Å². The number of rotatable bonds is 12. The lowest BCUT2D eigenvalue weighted by Gasteiger charge is -2.34. The van der Waals surface area contributed by atoms with E-state index in [1.165, 1.54) is 17.0 Å². The lowest BCUT2D eigenvalue weighted by Crippen LogP contribution is -2.34. The zero-order valence-electron chi connectivity index (χ0n) is 19.1. The molecule has 31 heavy (non-hydrogen) atoms. The van der Waals surface area contributed by atoms with E-state index in [0.29, 0.717) is 0 Å². The first-order chi connectivity index (χ1) is 14.9. The van der Waals surface area contributed by atoms with Crippen molar-refractivity contribution in [2.45, 2.75) is 77.0 Å². The van der Waals surface area contributed by atoms with Crippen molar-refractivity contribution in [1.29, 1.82) is 0 Å². The Morgan fingerprint density at radius 1 is 1.23 bits per heavy atom. The molecule has 0 aromatic carbocycles. The zero-order chi connectivity index (χ0) is 22.3. The van der Waals surface area contributed by atoms with E-state index < -0.39 is 5.60 Å². The number of carbonyl (C=O) groups is 1. The highest BCUT2D eigenvalue weighted by atomic mass is 16.5. The molecule has 0 saturated heterocycles. The van der Waals surface area contributed by atoms with Crippen LogP contribution in [-0.2, 0) is 9.53 Å². The fraction of sp³-hybridized carbons (Fsp3) is 0.600. The van der Waals surface area contributed by atoms with Gasteiger partial charge in [0.2, 0.25) is 6.41 Å². The van der Waals surface area contributed by atoms with Gasteiger partial charge < -0.3 is 20.1 Å². The number of hydrogen-bond donors (Lipinski definition) is 2. The predicted octanol–water partition coefficient (Wildman–Crippen LogP) is 4.20. The molecule has 0 saturated carbocycles. The van der Waals surface area contributed by atoms with Crippen LogP contribution in [0.25, 0.3) is 0 Å². The van der Waals surface area contributed by atoms with Crippen molar-refractivity contribution in [2.24, 2.45) is 10.9 Å². The van der Waals surface area contributed by atoms with E-state index in [0.717, 1.165) is 70.1 Å². The molecule has 6 nitrogen and oxygen atoms in total. The van der Waals surface area contributed by atoms with Crippen molar-refractivity contribution >= 4 is 12.6 Å². The van der Waals surface area contributed by atoms with E-state index >= 15 is 0 Å². The molecule has 0 spiro atoms. The van der Waals surface area contributed by atoms with Gasteiger partial charge in [0.25, 0.3) is 0 Å². The Hall–Kier alpha value is -2.34. The second-order valence-electron chi connectivity index (χ2n) is 9.23. The smallest absolute Gasteiger partial charge is 0.207 e. The number of fused-ring (bicyclic) bond motifs is 1. The highest BCUT2D eigenvalue weighted by Crippen LogP contribution is 2.40. The zero-order valence-corrected chi connectivity index (χ0v) is 19.1. The molecule has 2 unspecified atom stereocenters. The van der Waals surface area contributed by atoms with Crippen LogP contribution in [0.15, 0.2) is 52.0 Å². The van der Waals surface area contributed by atoms with Gasteiger partial charge in [0, 0.05) is 36.5 Å². The van der Waals surface area contributed by atoms with E-state index in [9.17, 15) is 9.90 Å². The fourth-order valence-electron chi connectivity index (χ4n) is 4.40. The van der Waals surface area contributed by atoms with Crippen LogP contribution in [0.5, 0.6) is 0 Å². The lowest BCUT2D eigenvalue weighted by molar-refractivity contribution is -0.109. The maximum Gasteiger partial charge on any atom is 0.207 e. The van der Waals surface area contributed by atoms with Gasteiger partial charge in [-0.1, -0.05) is 18.6 Å². The number of aliphatic hydroxyl groups is 1. The van der Waals surface area contributed by atoms with Crippen LogP contribution in [0.3, 0.4) is 0 Å². The molecule has 3 aliphatic rings. The third-order valence-electron chi connectivity index (χ3n) is 6.13. The van der Waals surface area contributed by atoms with Crippen molar-refractivity contribution in [3.63, 3.8) is 0 Å². The minimum Gasteiger partial charge on any atom is -0.501 e. The average molecular weight is 428 g/mol. The maximum absolute atomic E-state index is 10.3. The Labute approximate surface area is 186 Å². The molecule has 6 heteroatoms. The minimum atomic E-state index is -0.687. The van der Waals surface area contributed by atoms with Crippen molar-refractivity contribution in [3.05, 3.63) is 47.0 Å². The molecule has 2 heterocycles. The van der Waals surface area contributed by atoms with E-state index in [4.69, 9.17) is 9.73 Å². The van der Waals surface area contributed by atoms with Gasteiger partial charge in [-0.15, -0.1) is 0 Å². The van der Waals surface area contributed by atoms with Crippen molar-refractivity contribution in [3.8, 4) is 0 Å². The van der Waals surface area contributed by atoms with Gasteiger partial charge in [-0.3, -0.25) is 9.79 Å². The first-order valence-corrected chi connectivity index (χ1v) is 11.5. The van der Waals surface area contributed by atoms with Gasteiger partial charge in [-0.25, -0.2) is 0 Å². The standard InChI is InChI=1S/C25H37N3O3/c1-25(2,30)13-12-22-16-20-15-19(7-5-4-6-14-26-18-29)17-27-24(20)28(22)21-8-10-23(31-3)11-9-21/h8,10,15-18,20,24,30H,4-7,9,11-14H2,1-3H3,(H,26,29). The second-order valence-corrected chi connectivity index (χ2v) is 9.23. The summed E-state index contributed by atoms with van der Waals surface area (Å²) >= 11 is 0. The quantitative estimate of drug-likeness (QED) is 0.362. The molecule has 170 valence electrons. The Balaban J connectivity index is 1.68. The van der Waals surface area contributed by atoms with E-state index in [2.05, 4.69) is 34.5 Å². The number of ether oxygens (including phenoxy) is 1. The molecular weight excluding hydrogens is 390 g/mol. The lowest BCUT2D eigenvalue weighted by atomic mass is 9.97. The van der Waals surface area contributed by atoms with Crippen LogP contribution >= 0.6 is 0 Å². The molecular formula is C25H37N3O3. The summed E-state index contributed by atoms with van der Waals surface area (Å²) < 4.78 is 5.40. The van der Waals surface area contributed by atoms with Gasteiger partial charge >= 0.3 is 0 Å². The number of dihydropyridines is 1. The van der Waals surface area contributed by atoms with Crippen LogP contribution < -0.4 is 5.32 Å². The highest BCUT2D eigenvalue weighted by molar-refractivity contribution is 5.80. The molecule has 0 radical (unpaired) electrons. The Kier molecular flexibility index (Phi) is 8.13. The minimum absolute atomic E-state index is 0.0705. The molecule has 1 amide bonds. The molecule has 3 rings (SSSR count). The fourth-order valence-corrected chi connectivity index (χ4v) is 4.40. The van der Waals surface area contributed by atoms with Crippen LogP contribution in [0.2, 0.25) is 0 Å². The molecule has 2 aliphatic heterocycles. The molecule has 0 aromatic rings. The molecule has 2 atom stereocenters. The van der Waals surface area contributed by atoms with Crippen molar-refractivity contribution in [2.75, 3.05) is 13.7 Å². The van der Waals surface area contributed by atoms with Crippen LogP contribution in [0.1, 0.15) is 65.2 Å². The molecule has 0 bridgehead atoms. The normalized spacial score (nSPS) is 22.9. The second kappa shape index (κ2) is 10.8. The van der Waals surface area contributed by atoms with Crippen molar-refractivity contribution < 1.29 is 14.6 Å². The van der Waals surface area contributed by atoms with Gasteiger partial charge in [0.05, 0.1) is 18.5 Å². The highest BCUT2D eigenvalue weighted by Gasteiger charge is 2.37. The third kappa shape index (κ3) is 6.57. The van der Waals surface area contributed by atoms with Crippen LogP contribution in [-0.4, -0.2) is 48.1 Å². The van der Waals surface area contributed by atoms with Gasteiger partial charge in [0.15, 0.2) is 0 Å². The summed E-state index contributed by atoms with van der Waals surface area (Å²) in [5.74, 6) is 1.28. The van der Waals surface area contributed by atoms with Gasteiger partial charge in [-0.2, -0.15) is 0 Å². The number of allylic oxidation sites excluding steroid dienone is 6. The number of aliphatic imine (C=N–C) groups is 1. The molecule has 2 N–H and O–H groups in total. The largest absolute Gasteiger partial charge is 0.501 e. The van der Waals surface area contributed by atoms with Gasteiger partial charge in [-0.05, 0) is 70.1 Å². The first kappa shape index (κ1) is 23.3. The summed E-state index contributed by atoms with van der Waals surface area (Å²) in [6.45, 7) is 4.49. The molecule has 0 fully saturated rings. The van der Waals surface area contributed by atoms with Gasteiger partial charge in [0.1, 0.15) is 6.17 Å². The van der Waals surface area contributed by atoms with Crippen LogP contribution in [0.4, 0.5) is 0 Å². The van der Waals surface area contributed by atoms with Crippen LogP contribution in [0, 0.1) is 5.92 Å². The molecule has 1 aliphatic carbocycles. The maximum atomic E-state index is 10.3. The Morgan fingerprint density at radius 3 is 2.74 bits per heavy atom. The number of amides is 1. The summed E-state index contributed by atoms with van der Waals surface area (Å²) in [7, 11) is 1.72. The Morgan fingerprint density at radius 2 is 2.06 bits per heavy atom. The number of nitrogens with zero attached hydrogens (tertiary/aromatic N) is 2. The summed E-state index contributed by atoms with van der Waals surface area (Å²) in [6, 6.07) is 0. The monoisotopic (exact) mass is 427 g/mol. The van der Waals surface area contributed by atoms with E-state index in [-0.39, 0.29) is 12.1 Å². The third-order valence-corrected chi connectivity index (χ3v) is 6.13. The Bertz CT molecular complexity index is 786. The number of methoxy groups -OCH3 is 1. The summed E-state index contributed by atoms with van der Waals surface area (Å²) in [4.78, 5) is 17.7. The summed E-state index contributed by atoms with van der Waals surface area (Å²) in [5, 5.41) is 13.0. The number of nitrogens with one attached hydrogen (secondary N) is 1. The average Bonchev–Trinajstić information content (AvgIpc) is 3.12. The number of hydrogen-bond acceptors (Lipinski definition) is 5. The van der Waals surface area contributed by atoms with Crippen molar-refractivity contribution in [1.82, 2.24) is 10.2 Å². The topological polar surface area (TPSA) is 74.2 Å². The molecule has 0 aromatic heterocycles. The van der Waals surface area contributed by atoms with E-state index in [1.807, 2.05) is 20.1 Å². The summed E-state index contributed by atoms with van der Waals surface area (Å²) in [6.07, 6.45) is 19.4. The summed E-state index contributed by atoms with van der Waals surface area (Å²) in [5.41, 5.74) is 3.13. The predicted molar refractivity (Wildman–Crippen MR) is 124 cm³/mol. The SMILES string of the molecule is COC1=CC=C(N2C(CCC(C)(C)O)=CC3C=C(CCCCCNC=O)C=NC32)CC1. The number of unbranched alkanes of at least 4 members (excludes halogenated alkanes) is 2. The number of carbonyl (C=O) groups excluding carboxylic acids is 1. The first-order valence-electron chi connectivity index (χ1n) is 11.5.